The zero-order chi connectivity index (χ0) is 23.1. The van der Waals surface area contributed by atoms with Gasteiger partial charge in [-0.2, -0.15) is 5.10 Å². The number of esters is 1. The van der Waals surface area contributed by atoms with Gasteiger partial charge in [0, 0.05) is 6.42 Å². The Bertz CT molecular complexity index is 1120. The van der Waals surface area contributed by atoms with E-state index in [1.807, 2.05) is 23.7 Å². The third-order valence-electron chi connectivity index (χ3n) is 5.80. The van der Waals surface area contributed by atoms with Gasteiger partial charge in [0.2, 0.25) is 0 Å². The molecule has 1 unspecified atom stereocenters. The van der Waals surface area contributed by atoms with Crippen LogP contribution < -0.4 is 5.56 Å². The summed E-state index contributed by atoms with van der Waals surface area (Å²) < 4.78 is 7.04. The number of aryl methyl sites for hydroxylation is 1. The number of H-pyrrole nitrogens is 1. The standard InChI is InChI=1S/C25H34N4O3/c1-5-8-9-10-14-20(6-2)29-23-22(17(4)28-29)24(30)27-21(26-23)16-18-12-11-13-19(15-18)25(31)32-7-3/h11-13,15,20H,5-10,14,16H2,1-4H3,(H,26,27,30). The molecule has 172 valence electrons. The van der Waals surface area contributed by atoms with Gasteiger partial charge in [0.25, 0.3) is 5.56 Å². The maximum atomic E-state index is 12.9. The molecule has 3 aromatic rings. The zero-order valence-electron chi connectivity index (χ0n) is 19.6. The second-order valence-corrected chi connectivity index (χ2v) is 8.25. The SMILES string of the molecule is CCCCCCC(CC)n1nc(C)c2c(=O)[nH]c(Cc3cccc(C(=O)OCC)c3)nc21. The molecule has 7 heteroatoms. The summed E-state index contributed by atoms with van der Waals surface area (Å²) >= 11 is 0. The molecule has 0 aliphatic carbocycles. The lowest BCUT2D eigenvalue weighted by molar-refractivity contribution is 0.0526. The second kappa shape index (κ2) is 11.1. The van der Waals surface area contributed by atoms with E-state index in [0.29, 0.717) is 41.1 Å². The van der Waals surface area contributed by atoms with E-state index in [-0.39, 0.29) is 17.6 Å². The molecule has 7 nitrogen and oxygen atoms in total. The number of carbonyl (C=O) groups excluding carboxylic acids is 1. The molecule has 0 radical (unpaired) electrons. The number of rotatable bonds is 11. The number of carbonyl (C=O) groups is 1. The number of nitrogens with zero attached hydrogens (tertiary/aromatic N) is 3. The van der Waals surface area contributed by atoms with Gasteiger partial charge in [-0.05, 0) is 44.4 Å². The maximum absolute atomic E-state index is 12.9. The van der Waals surface area contributed by atoms with Crippen molar-refractivity contribution in [3.05, 3.63) is 57.3 Å². The first-order chi connectivity index (χ1) is 15.5. The normalized spacial score (nSPS) is 12.2. The Labute approximate surface area is 189 Å². The molecule has 1 atom stereocenters. The number of hydrogen-bond acceptors (Lipinski definition) is 5. The Hall–Kier alpha value is -2.96. The maximum Gasteiger partial charge on any atom is 0.338 e. The highest BCUT2D eigenvalue weighted by atomic mass is 16.5. The number of aromatic amines is 1. The molecule has 0 aliphatic heterocycles. The average Bonchev–Trinajstić information content (AvgIpc) is 3.10. The molecule has 0 aliphatic rings. The van der Waals surface area contributed by atoms with Gasteiger partial charge in [-0.25, -0.2) is 14.5 Å². The summed E-state index contributed by atoms with van der Waals surface area (Å²) in [5, 5.41) is 5.26. The summed E-state index contributed by atoms with van der Waals surface area (Å²) in [6.07, 6.45) is 7.17. The van der Waals surface area contributed by atoms with Crippen molar-refractivity contribution in [2.75, 3.05) is 6.61 Å². The fourth-order valence-corrected chi connectivity index (χ4v) is 4.12. The zero-order valence-corrected chi connectivity index (χ0v) is 19.6. The van der Waals surface area contributed by atoms with Crippen molar-refractivity contribution >= 4 is 17.0 Å². The first kappa shape index (κ1) is 23.7. The first-order valence-electron chi connectivity index (χ1n) is 11.7. The van der Waals surface area contributed by atoms with E-state index in [1.54, 1.807) is 19.1 Å². The third-order valence-corrected chi connectivity index (χ3v) is 5.80. The lowest BCUT2D eigenvalue weighted by atomic mass is 10.1. The molecule has 0 amide bonds. The van der Waals surface area contributed by atoms with Crippen molar-refractivity contribution in [3.8, 4) is 0 Å². The molecule has 2 aromatic heterocycles. The van der Waals surface area contributed by atoms with Gasteiger partial charge >= 0.3 is 5.97 Å². The molecule has 0 saturated carbocycles. The van der Waals surface area contributed by atoms with Crippen LogP contribution in [0.25, 0.3) is 11.0 Å². The van der Waals surface area contributed by atoms with Gasteiger partial charge in [0.05, 0.1) is 23.9 Å². The molecule has 3 rings (SSSR count). The number of aromatic nitrogens is 4. The van der Waals surface area contributed by atoms with Crippen LogP contribution in [0.4, 0.5) is 0 Å². The van der Waals surface area contributed by atoms with E-state index in [1.165, 1.54) is 19.3 Å². The Kier molecular flexibility index (Phi) is 8.20. The Morgan fingerprint density at radius 3 is 2.72 bits per heavy atom. The van der Waals surface area contributed by atoms with Crippen LogP contribution in [0.3, 0.4) is 0 Å². The number of hydrogen-bond donors (Lipinski definition) is 1. The Morgan fingerprint density at radius 2 is 2.00 bits per heavy atom. The predicted octanol–water partition coefficient (Wildman–Crippen LogP) is 5.12. The molecule has 0 bridgehead atoms. The van der Waals surface area contributed by atoms with E-state index >= 15 is 0 Å². The van der Waals surface area contributed by atoms with Crippen LogP contribution in [0.2, 0.25) is 0 Å². The lowest BCUT2D eigenvalue weighted by Gasteiger charge is -2.16. The quantitative estimate of drug-likeness (QED) is 0.332. The van der Waals surface area contributed by atoms with Crippen LogP contribution in [0.5, 0.6) is 0 Å². The summed E-state index contributed by atoms with van der Waals surface area (Å²) in [6.45, 7) is 8.34. The number of ether oxygens (including phenoxy) is 1. The fourth-order valence-electron chi connectivity index (χ4n) is 4.12. The molecule has 1 aromatic carbocycles. The number of unbranched alkanes of at least 4 members (excludes halogenated alkanes) is 3. The van der Waals surface area contributed by atoms with Crippen LogP contribution in [-0.4, -0.2) is 32.3 Å². The topological polar surface area (TPSA) is 89.9 Å². The highest BCUT2D eigenvalue weighted by Gasteiger charge is 2.19. The molecule has 0 saturated heterocycles. The van der Waals surface area contributed by atoms with Gasteiger partial charge in [0.15, 0.2) is 5.65 Å². The minimum Gasteiger partial charge on any atom is -0.462 e. The highest BCUT2D eigenvalue weighted by molar-refractivity contribution is 5.89. The minimum atomic E-state index is -0.353. The van der Waals surface area contributed by atoms with Crippen molar-refractivity contribution in [1.29, 1.82) is 0 Å². The number of benzene rings is 1. The summed E-state index contributed by atoms with van der Waals surface area (Å²) in [4.78, 5) is 32.6. The molecule has 2 heterocycles. The summed E-state index contributed by atoms with van der Waals surface area (Å²) in [5.41, 5.74) is 2.55. The van der Waals surface area contributed by atoms with Crippen molar-refractivity contribution < 1.29 is 9.53 Å². The van der Waals surface area contributed by atoms with Crippen molar-refractivity contribution in [2.45, 2.75) is 78.7 Å². The van der Waals surface area contributed by atoms with E-state index in [9.17, 15) is 9.59 Å². The summed E-state index contributed by atoms with van der Waals surface area (Å²) in [6, 6.07) is 7.46. The van der Waals surface area contributed by atoms with Gasteiger partial charge < -0.3 is 9.72 Å². The van der Waals surface area contributed by atoms with E-state index < -0.39 is 0 Å². The Balaban J connectivity index is 1.91. The van der Waals surface area contributed by atoms with Crippen LogP contribution >= 0.6 is 0 Å². The van der Waals surface area contributed by atoms with E-state index in [0.717, 1.165) is 24.8 Å². The lowest BCUT2D eigenvalue weighted by Crippen LogP contribution is -2.15. The van der Waals surface area contributed by atoms with Gasteiger partial charge in [-0.15, -0.1) is 0 Å². The molecular weight excluding hydrogens is 404 g/mol. The van der Waals surface area contributed by atoms with Gasteiger partial charge in [0.1, 0.15) is 11.2 Å². The molecular formula is C25H34N4O3. The molecule has 0 spiro atoms. The van der Waals surface area contributed by atoms with E-state index in [2.05, 4.69) is 18.8 Å². The summed E-state index contributed by atoms with van der Waals surface area (Å²) in [5.74, 6) is 0.208. The van der Waals surface area contributed by atoms with Crippen molar-refractivity contribution in [2.24, 2.45) is 0 Å². The van der Waals surface area contributed by atoms with Gasteiger partial charge in [-0.3, -0.25) is 4.79 Å². The first-order valence-corrected chi connectivity index (χ1v) is 11.7. The van der Waals surface area contributed by atoms with E-state index in [4.69, 9.17) is 14.8 Å². The molecule has 32 heavy (non-hydrogen) atoms. The number of fused-ring (bicyclic) bond motifs is 1. The van der Waals surface area contributed by atoms with Crippen molar-refractivity contribution in [1.82, 2.24) is 19.7 Å². The smallest absolute Gasteiger partial charge is 0.338 e. The second-order valence-electron chi connectivity index (χ2n) is 8.25. The van der Waals surface area contributed by atoms with Crippen LogP contribution in [0.15, 0.2) is 29.1 Å². The van der Waals surface area contributed by atoms with Crippen LogP contribution in [0, 0.1) is 6.92 Å². The minimum absolute atomic E-state index is 0.170. The van der Waals surface area contributed by atoms with Crippen LogP contribution in [0.1, 0.15) is 92.8 Å². The number of nitrogens with one attached hydrogen (secondary N) is 1. The third kappa shape index (κ3) is 5.44. The summed E-state index contributed by atoms with van der Waals surface area (Å²) in [7, 11) is 0. The fraction of sp³-hybridized carbons (Fsp3) is 0.520. The van der Waals surface area contributed by atoms with Gasteiger partial charge in [-0.1, -0.05) is 51.7 Å². The Morgan fingerprint density at radius 1 is 1.19 bits per heavy atom. The predicted molar refractivity (Wildman–Crippen MR) is 126 cm³/mol. The average molecular weight is 439 g/mol. The van der Waals surface area contributed by atoms with Crippen LogP contribution in [-0.2, 0) is 11.2 Å². The molecule has 0 fully saturated rings. The van der Waals surface area contributed by atoms with Crippen molar-refractivity contribution in [3.63, 3.8) is 0 Å². The monoisotopic (exact) mass is 438 g/mol. The largest absolute Gasteiger partial charge is 0.462 e. The highest BCUT2D eigenvalue weighted by Crippen LogP contribution is 2.24. The molecule has 1 N–H and O–H groups in total.